The van der Waals surface area contributed by atoms with Gasteiger partial charge in [-0.2, -0.15) is 4.31 Å². The molecule has 0 aliphatic carbocycles. The van der Waals surface area contributed by atoms with Crippen LogP contribution in [0.3, 0.4) is 0 Å². The molecule has 140 valence electrons. The van der Waals surface area contributed by atoms with Gasteiger partial charge < -0.3 is 10.1 Å². The Morgan fingerprint density at radius 1 is 0.923 bits per heavy atom. The molecule has 1 saturated heterocycles. The Morgan fingerprint density at radius 2 is 1.54 bits per heavy atom. The van der Waals surface area contributed by atoms with E-state index in [9.17, 15) is 8.42 Å². The summed E-state index contributed by atoms with van der Waals surface area (Å²) in [6, 6.07) is 13.6. The predicted molar refractivity (Wildman–Crippen MR) is 102 cm³/mol. The standard InChI is InChI=1S/C20H26N2O3S/c1-16-3-4-19(13-17(16)2)15-21-14-18-5-7-20(8-6-18)26(23,24)22-9-11-25-12-10-22/h3-8,13,21H,9-12,14-15H2,1-2H3. The lowest BCUT2D eigenvalue weighted by Crippen LogP contribution is -2.40. The van der Waals surface area contributed by atoms with E-state index in [2.05, 4.69) is 37.4 Å². The van der Waals surface area contributed by atoms with E-state index in [1.807, 2.05) is 12.1 Å². The van der Waals surface area contributed by atoms with Crippen LogP contribution in [0.25, 0.3) is 0 Å². The van der Waals surface area contributed by atoms with Crippen molar-refractivity contribution in [2.75, 3.05) is 26.3 Å². The van der Waals surface area contributed by atoms with Gasteiger partial charge in [-0.05, 0) is 48.2 Å². The number of morpholine rings is 1. The molecule has 0 unspecified atom stereocenters. The van der Waals surface area contributed by atoms with Crippen LogP contribution in [0, 0.1) is 13.8 Å². The molecule has 0 spiro atoms. The van der Waals surface area contributed by atoms with E-state index in [0.29, 0.717) is 37.7 Å². The molecule has 0 atom stereocenters. The Morgan fingerprint density at radius 3 is 2.19 bits per heavy atom. The zero-order valence-corrected chi connectivity index (χ0v) is 16.2. The van der Waals surface area contributed by atoms with E-state index in [1.54, 1.807) is 12.1 Å². The zero-order chi connectivity index (χ0) is 18.6. The first kappa shape index (κ1) is 19.0. The molecule has 2 aromatic carbocycles. The van der Waals surface area contributed by atoms with Crippen molar-refractivity contribution in [3.05, 3.63) is 64.7 Å². The molecular formula is C20H26N2O3S. The van der Waals surface area contributed by atoms with Crippen molar-refractivity contribution in [1.29, 1.82) is 0 Å². The molecule has 0 saturated carbocycles. The lowest BCUT2D eigenvalue weighted by molar-refractivity contribution is 0.0730. The lowest BCUT2D eigenvalue weighted by atomic mass is 10.1. The average Bonchev–Trinajstić information content (AvgIpc) is 2.66. The fourth-order valence-corrected chi connectivity index (χ4v) is 4.39. The van der Waals surface area contributed by atoms with Crippen LogP contribution in [-0.4, -0.2) is 39.0 Å². The largest absolute Gasteiger partial charge is 0.379 e. The highest BCUT2D eigenvalue weighted by atomic mass is 32.2. The van der Waals surface area contributed by atoms with Gasteiger partial charge in [-0.3, -0.25) is 0 Å². The molecule has 26 heavy (non-hydrogen) atoms. The van der Waals surface area contributed by atoms with Crippen LogP contribution in [0.1, 0.15) is 22.3 Å². The minimum Gasteiger partial charge on any atom is -0.379 e. The van der Waals surface area contributed by atoms with Gasteiger partial charge in [0.25, 0.3) is 0 Å². The van der Waals surface area contributed by atoms with E-state index in [4.69, 9.17) is 4.74 Å². The van der Waals surface area contributed by atoms with Gasteiger partial charge in [0.1, 0.15) is 0 Å². The Hall–Kier alpha value is -1.73. The molecule has 6 heteroatoms. The van der Waals surface area contributed by atoms with Gasteiger partial charge in [0.05, 0.1) is 18.1 Å². The third-order valence-electron chi connectivity index (χ3n) is 4.76. The molecule has 0 aromatic heterocycles. The van der Waals surface area contributed by atoms with E-state index in [0.717, 1.165) is 12.1 Å². The van der Waals surface area contributed by atoms with E-state index in [1.165, 1.54) is 21.0 Å². The second-order valence-corrected chi connectivity index (χ2v) is 8.62. The SMILES string of the molecule is Cc1ccc(CNCc2ccc(S(=O)(=O)N3CCOCC3)cc2)cc1C. The summed E-state index contributed by atoms with van der Waals surface area (Å²) in [7, 11) is -3.42. The molecule has 0 amide bonds. The Kier molecular flexibility index (Phi) is 6.09. The van der Waals surface area contributed by atoms with Crippen LogP contribution in [0.5, 0.6) is 0 Å². The second-order valence-electron chi connectivity index (χ2n) is 6.68. The molecule has 0 bridgehead atoms. The van der Waals surface area contributed by atoms with E-state index in [-0.39, 0.29) is 0 Å². The number of aryl methyl sites for hydroxylation is 2. The highest BCUT2D eigenvalue weighted by molar-refractivity contribution is 7.89. The molecule has 0 radical (unpaired) electrons. The van der Waals surface area contributed by atoms with Crippen molar-refractivity contribution in [3.63, 3.8) is 0 Å². The smallest absolute Gasteiger partial charge is 0.243 e. The van der Waals surface area contributed by atoms with Gasteiger partial charge in [0, 0.05) is 26.2 Å². The van der Waals surface area contributed by atoms with Gasteiger partial charge in [-0.15, -0.1) is 0 Å². The van der Waals surface area contributed by atoms with E-state index < -0.39 is 10.0 Å². The Bertz CT molecular complexity index is 842. The number of ether oxygens (including phenoxy) is 1. The number of nitrogens with zero attached hydrogens (tertiary/aromatic N) is 1. The van der Waals surface area contributed by atoms with E-state index >= 15 is 0 Å². The minimum atomic E-state index is -3.42. The zero-order valence-electron chi connectivity index (χ0n) is 15.4. The highest BCUT2D eigenvalue weighted by Gasteiger charge is 2.25. The highest BCUT2D eigenvalue weighted by Crippen LogP contribution is 2.18. The van der Waals surface area contributed by atoms with Crippen LogP contribution >= 0.6 is 0 Å². The topological polar surface area (TPSA) is 58.6 Å². The first-order valence-corrected chi connectivity index (χ1v) is 10.3. The quantitative estimate of drug-likeness (QED) is 0.844. The fourth-order valence-electron chi connectivity index (χ4n) is 2.98. The van der Waals surface area contributed by atoms with Crippen molar-refractivity contribution in [3.8, 4) is 0 Å². The van der Waals surface area contributed by atoms with Crippen molar-refractivity contribution in [2.45, 2.75) is 31.8 Å². The number of sulfonamides is 1. The third-order valence-corrected chi connectivity index (χ3v) is 6.67. The minimum absolute atomic E-state index is 0.345. The molecular weight excluding hydrogens is 348 g/mol. The third kappa shape index (κ3) is 4.51. The average molecular weight is 375 g/mol. The number of benzene rings is 2. The number of hydrogen-bond acceptors (Lipinski definition) is 4. The van der Waals surface area contributed by atoms with Crippen molar-refractivity contribution < 1.29 is 13.2 Å². The number of rotatable bonds is 6. The molecule has 1 heterocycles. The lowest BCUT2D eigenvalue weighted by Gasteiger charge is -2.26. The summed E-state index contributed by atoms with van der Waals surface area (Å²) in [5.74, 6) is 0. The van der Waals surface area contributed by atoms with Crippen molar-refractivity contribution in [1.82, 2.24) is 9.62 Å². The van der Waals surface area contributed by atoms with Gasteiger partial charge >= 0.3 is 0 Å². The summed E-state index contributed by atoms with van der Waals surface area (Å²) < 4.78 is 31.9. The summed E-state index contributed by atoms with van der Waals surface area (Å²) in [4.78, 5) is 0.345. The molecule has 1 fully saturated rings. The molecule has 1 N–H and O–H groups in total. The Balaban J connectivity index is 1.58. The summed E-state index contributed by atoms with van der Waals surface area (Å²) in [6.07, 6.45) is 0. The summed E-state index contributed by atoms with van der Waals surface area (Å²) in [5.41, 5.74) is 4.90. The van der Waals surface area contributed by atoms with Gasteiger partial charge in [-0.1, -0.05) is 30.3 Å². The second kappa shape index (κ2) is 8.31. The van der Waals surface area contributed by atoms with Gasteiger partial charge in [-0.25, -0.2) is 8.42 Å². The maximum Gasteiger partial charge on any atom is 0.243 e. The van der Waals surface area contributed by atoms with Crippen LogP contribution in [-0.2, 0) is 27.8 Å². The van der Waals surface area contributed by atoms with Crippen molar-refractivity contribution in [2.24, 2.45) is 0 Å². The summed E-state index contributed by atoms with van der Waals surface area (Å²) >= 11 is 0. The fraction of sp³-hybridized carbons (Fsp3) is 0.400. The molecule has 2 aromatic rings. The predicted octanol–water partition coefficient (Wildman–Crippen LogP) is 2.61. The number of nitrogens with one attached hydrogen (secondary N) is 1. The van der Waals surface area contributed by atoms with Gasteiger partial charge in [0.2, 0.25) is 10.0 Å². The monoisotopic (exact) mass is 374 g/mol. The van der Waals surface area contributed by atoms with Crippen molar-refractivity contribution >= 4 is 10.0 Å². The normalized spacial score (nSPS) is 15.9. The van der Waals surface area contributed by atoms with Crippen LogP contribution in [0.15, 0.2) is 47.4 Å². The molecule has 1 aliphatic heterocycles. The van der Waals surface area contributed by atoms with Crippen LogP contribution in [0.2, 0.25) is 0 Å². The van der Waals surface area contributed by atoms with Crippen LogP contribution in [0.4, 0.5) is 0 Å². The molecule has 1 aliphatic rings. The van der Waals surface area contributed by atoms with Gasteiger partial charge in [0.15, 0.2) is 0 Å². The summed E-state index contributed by atoms with van der Waals surface area (Å²) in [6.45, 7) is 7.47. The summed E-state index contributed by atoms with van der Waals surface area (Å²) in [5, 5.41) is 3.41. The Labute approximate surface area is 156 Å². The molecule has 5 nitrogen and oxygen atoms in total. The maximum absolute atomic E-state index is 12.6. The van der Waals surface area contributed by atoms with Crippen LogP contribution < -0.4 is 5.32 Å². The molecule has 3 rings (SSSR count). The first-order valence-electron chi connectivity index (χ1n) is 8.90. The first-order chi connectivity index (χ1) is 12.5. The maximum atomic E-state index is 12.6. The number of hydrogen-bond donors (Lipinski definition) is 1.